The molecule has 110 valence electrons. The number of aromatic nitrogens is 3. The number of nitrogens with zero attached hydrogens (tertiary/aromatic N) is 4. The van der Waals surface area contributed by atoms with Crippen molar-refractivity contribution in [2.45, 2.75) is 34.2 Å². The Kier molecular flexibility index (Phi) is 4.60. The van der Waals surface area contributed by atoms with Crippen molar-refractivity contribution in [1.29, 1.82) is 0 Å². The fourth-order valence-electron chi connectivity index (χ4n) is 2.50. The molecule has 0 amide bonds. The molecule has 0 fully saturated rings. The maximum atomic E-state index is 5.85. The molecule has 2 rings (SSSR count). The Morgan fingerprint density at radius 3 is 2.35 bits per heavy atom. The average molecular weight is 275 g/mol. The molecule has 2 N–H and O–H groups in total. The number of hydrogen-bond donors (Lipinski definition) is 1. The van der Waals surface area contributed by atoms with E-state index in [1.165, 1.54) is 0 Å². The van der Waals surface area contributed by atoms with Crippen molar-refractivity contribution in [2.75, 3.05) is 18.8 Å². The minimum absolute atomic E-state index is 0.637. The number of rotatable bonds is 6. The third-order valence-corrected chi connectivity index (χ3v) is 3.11. The second-order valence-corrected chi connectivity index (χ2v) is 6.29. The van der Waals surface area contributed by atoms with Gasteiger partial charge >= 0.3 is 0 Å². The van der Waals surface area contributed by atoms with Gasteiger partial charge in [-0.05, 0) is 24.0 Å². The minimum atomic E-state index is 0.637. The van der Waals surface area contributed by atoms with Crippen LogP contribution in [0.5, 0.6) is 0 Å². The molecule has 0 unspecified atom stereocenters. The van der Waals surface area contributed by atoms with Gasteiger partial charge in [-0.1, -0.05) is 27.7 Å². The standard InChI is InChI=1S/C15H25N5/c1-11(2)7-19(8-12(3)4)10-15-18-17-14-6-5-13(16)9-20(14)15/h5-6,9,11-12H,7-8,10,16H2,1-4H3. The topological polar surface area (TPSA) is 59.5 Å². The lowest BCUT2D eigenvalue weighted by Gasteiger charge is -2.25. The fraction of sp³-hybridized carbons (Fsp3) is 0.600. The molecule has 0 saturated heterocycles. The maximum absolute atomic E-state index is 5.85. The van der Waals surface area contributed by atoms with Gasteiger partial charge in [0, 0.05) is 25.0 Å². The Balaban J connectivity index is 2.21. The van der Waals surface area contributed by atoms with Crippen LogP contribution in [0.1, 0.15) is 33.5 Å². The molecule has 0 bridgehead atoms. The van der Waals surface area contributed by atoms with Crippen LogP contribution in [-0.4, -0.2) is 32.6 Å². The predicted octanol–water partition coefficient (Wildman–Crippen LogP) is 2.43. The first-order valence-corrected chi connectivity index (χ1v) is 7.27. The SMILES string of the molecule is CC(C)CN(Cc1nnc2ccc(N)cn12)CC(C)C. The van der Waals surface area contributed by atoms with Gasteiger partial charge in [0.05, 0.1) is 6.54 Å². The molecule has 0 saturated carbocycles. The van der Waals surface area contributed by atoms with Crippen LogP contribution in [0.4, 0.5) is 5.69 Å². The number of fused-ring (bicyclic) bond motifs is 1. The van der Waals surface area contributed by atoms with Crippen LogP contribution in [-0.2, 0) is 6.54 Å². The number of pyridine rings is 1. The van der Waals surface area contributed by atoms with Gasteiger partial charge in [0.1, 0.15) is 0 Å². The van der Waals surface area contributed by atoms with Crippen molar-refractivity contribution in [3.05, 3.63) is 24.2 Å². The molecule has 0 radical (unpaired) electrons. The van der Waals surface area contributed by atoms with Crippen molar-refractivity contribution in [3.63, 3.8) is 0 Å². The molecule has 5 nitrogen and oxygen atoms in total. The van der Waals surface area contributed by atoms with Crippen molar-refractivity contribution < 1.29 is 0 Å². The van der Waals surface area contributed by atoms with Crippen molar-refractivity contribution in [3.8, 4) is 0 Å². The lowest BCUT2D eigenvalue weighted by molar-refractivity contribution is 0.206. The smallest absolute Gasteiger partial charge is 0.160 e. The lowest BCUT2D eigenvalue weighted by atomic mass is 10.1. The van der Waals surface area contributed by atoms with Crippen LogP contribution < -0.4 is 5.73 Å². The maximum Gasteiger partial charge on any atom is 0.160 e. The van der Waals surface area contributed by atoms with E-state index in [1.807, 2.05) is 22.7 Å². The summed E-state index contributed by atoms with van der Waals surface area (Å²) in [5, 5.41) is 8.51. The molecule has 0 aliphatic carbocycles. The zero-order valence-electron chi connectivity index (χ0n) is 12.9. The first-order chi connectivity index (χ1) is 9.45. The van der Waals surface area contributed by atoms with E-state index < -0.39 is 0 Å². The normalized spacial score (nSPS) is 12.2. The quantitative estimate of drug-likeness (QED) is 0.879. The van der Waals surface area contributed by atoms with Crippen LogP contribution in [0.15, 0.2) is 18.3 Å². The number of hydrogen-bond acceptors (Lipinski definition) is 4. The third-order valence-electron chi connectivity index (χ3n) is 3.11. The van der Waals surface area contributed by atoms with Crippen LogP contribution in [0.2, 0.25) is 0 Å². The summed E-state index contributed by atoms with van der Waals surface area (Å²) in [6.07, 6.45) is 1.90. The zero-order valence-corrected chi connectivity index (χ0v) is 12.9. The third kappa shape index (κ3) is 3.70. The summed E-state index contributed by atoms with van der Waals surface area (Å²) < 4.78 is 1.99. The van der Waals surface area contributed by atoms with Gasteiger partial charge in [-0.15, -0.1) is 10.2 Å². The van der Waals surface area contributed by atoms with Gasteiger partial charge in [0.15, 0.2) is 11.5 Å². The molecule has 20 heavy (non-hydrogen) atoms. The summed E-state index contributed by atoms with van der Waals surface area (Å²) in [5.41, 5.74) is 7.44. The van der Waals surface area contributed by atoms with Gasteiger partial charge in [-0.25, -0.2) is 0 Å². The minimum Gasteiger partial charge on any atom is -0.398 e. The zero-order chi connectivity index (χ0) is 14.7. The molecule has 2 aromatic rings. The van der Waals surface area contributed by atoms with E-state index in [2.05, 4.69) is 42.8 Å². The number of nitrogens with two attached hydrogens (primary N) is 1. The molecular formula is C15H25N5. The summed E-state index contributed by atoms with van der Waals surface area (Å²) in [5.74, 6) is 2.23. The predicted molar refractivity (Wildman–Crippen MR) is 82.4 cm³/mol. The Morgan fingerprint density at radius 2 is 1.75 bits per heavy atom. The number of nitrogen functional groups attached to an aromatic ring is 1. The second-order valence-electron chi connectivity index (χ2n) is 6.29. The highest BCUT2D eigenvalue weighted by Gasteiger charge is 2.14. The Morgan fingerprint density at radius 1 is 1.10 bits per heavy atom. The molecule has 2 aromatic heterocycles. The molecule has 2 heterocycles. The Labute approximate surface area is 120 Å². The van der Waals surface area contributed by atoms with E-state index in [9.17, 15) is 0 Å². The molecule has 0 atom stereocenters. The first kappa shape index (κ1) is 14.8. The molecule has 0 aromatic carbocycles. The highest BCUT2D eigenvalue weighted by atomic mass is 15.3. The van der Waals surface area contributed by atoms with E-state index in [4.69, 9.17) is 5.73 Å². The fourth-order valence-corrected chi connectivity index (χ4v) is 2.50. The van der Waals surface area contributed by atoms with Crippen LogP contribution >= 0.6 is 0 Å². The van der Waals surface area contributed by atoms with Crippen LogP contribution in [0, 0.1) is 11.8 Å². The van der Waals surface area contributed by atoms with Gasteiger partial charge < -0.3 is 5.73 Å². The Hall–Kier alpha value is -1.62. The second kappa shape index (κ2) is 6.22. The van der Waals surface area contributed by atoms with Gasteiger partial charge in [-0.3, -0.25) is 9.30 Å². The summed E-state index contributed by atoms with van der Waals surface area (Å²) in [6.45, 7) is 11.9. The monoisotopic (exact) mass is 275 g/mol. The molecule has 0 aliphatic rings. The first-order valence-electron chi connectivity index (χ1n) is 7.27. The largest absolute Gasteiger partial charge is 0.398 e. The highest BCUT2D eigenvalue weighted by molar-refractivity contribution is 5.47. The van der Waals surface area contributed by atoms with Gasteiger partial charge in [0.25, 0.3) is 0 Å². The summed E-state index contributed by atoms with van der Waals surface area (Å²) in [6, 6.07) is 3.76. The molecule has 0 spiro atoms. The van der Waals surface area contributed by atoms with E-state index in [1.54, 1.807) is 0 Å². The Bertz CT molecular complexity index is 548. The molecule has 5 heteroatoms. The number of anilines is 1. The van der Waals surface area contributed by atoms with Crippen molar-refractivity contribution in [2.24, 2.45) is 11.8 Å². The highest BCUT2D eigenvalue weighted by Crippen LogP contribution is 2.12. The van der Waals surface area contributed by atoms with E-state index >= 15 is 0 Å². The van der Waals surface area contributed by atoms with Gasteiger partial charge in [0.2, 0.25) is 0 Å². The summed E-state index contributed by atoms with van der Waals surface area (Å²) in [4.78, 5) is 2.44. The molecular weight excluding hydrogens is 250 g/mol. The van der Waals surface area contributed by atoms with Crippen molar-refractivity contribution >= 4 is 11.3 Å². The van der Waals surface area contributed by atoms with Crippen LogP contribution in [0.3, 0.4) is 0 Å². The van der Waals surface area contributed by atoms with E-state index in [-0.39, 0.29) is 0 Å². The average Bonchev–Trinajstić information content (AvgIpc) is 2.70. The summed E-state index contributed by atoms with van der Waals surface area (Å²) >= 11 is 0. The van der Waals surface area contributed by atoms with E-state index in [0.717, 1.165) is 36.8 Å². The van der Waals surface area contributed by atoms with Gasteiger partial charge in [-0.2, -0.15) is 0 Å². The lowest BCUT2D eigenvalue weighted by Crippen LogP contribution is -2.31. The summed E-state index contributed by atoms with van der Waals surface area (Å²) in [7, 11) is 0. The van der Waals surface area contributed by atoms with Crippen molar-refractivity contribution in [1.82, 2.24) is 19.5 Å². The molecule has 0 aliphatic heterocycles. The van der Waals surface area contributed by atoms with E-state index in [0.29, 0.717) is 11.8 Å². The van der Waals surface area contributed by atoms with Crippen LogP contribution in [0.25, 0.3) is 5.65 Å².